The molecule has 1 atom stereocenters. The second-order valence-corrected chi connectivity index (χ2v) is 7.68. The average molecular weight is 406 g/mol. The maximum absolute atomic E-state index is 12.5. The van der Waals surface area contributed by atoms with Crippen LogP contribution in [0.15, 0.2) is 28.6 Å². The fraction of sp³-hybridized carbons (Fsp3) is 0.400. The summed E-state index contributed by atoms with van der Waals surface area (Å²) in [7, 11) is 1.60. The number of aromatic nitrogens is 2. The van der Waals surface area contributed by atoms with Crippen LogP contribution in [0.1, 0.15) is 12.5 Å². The van der Waals surface area contributed by atoms with Crippen LogP contribution in [0.25, 0.3) is 0 Å². The summed E-state index contributed by atoms with van der Waals surface area (Å²) in [4.78, 5) is 12.2. The highest BCUT2D eigenvalue weighted by atomic mass is 32.2. The largest absolute Gasteiger partial charge is 0.416 e. The molecule has 0 radical (unpaired) electrons. The maximum atomic E-state index is 12.5. The van der Waals surface area contributed by atoms with Crippen LogP contribution in [-0.2, 0) is 15.7 Å². The van der Waals surface area contributed by atoms with E-state index in [1.54, 1.807) is 14.0 Å². The van der Waals surface area contributed by atoms with Crippen molar-refractivity contribution < 1.29 is 22.7 Å². The summed E-state index contributed by atoms with van der Waals surface area (Å²) in [6.07, 6.45) is -4.40. The van der Waals surface area contributed by atoms with Gasteiger partial charge < -0.3 is 15.4 Å². The van der Waals surface area contributed by atoms with Gasteiger partial charge in [0, 0.05) is 19.3 Å². The summed E-state index contributed by atoms with van der Waals surface area (Å²) in [5.74, 6) is -0.334. The molecule has 0 saturated heterocycles. The topological polar surface area (TPSA) is 76.1 Å². The van der Waals surface area contributed by atoms with E-state index in [9.17, 15) is 18.0 Å². The predicted molar refractivity (Wildman–Crippen MR) is 95.7 cm³/mol. The molecule has 1 amide bonds. The monoisotopic (exact) mass is 406 g/mol. The van der Waals surface area contributed by atoms with Gasteiger partial charge in [0.15, 0.2) is 4.34 Å². The first kappa shape index (κ1) is 20.5. The number of rotatable bonds is 8. The van der Waals surface area contributed by atoms with Gasteiger partial charge in [-0.05, 0) is 31.2 Å². The summed E-state index contributed by atoms with van der Waals surface area (Å²) in [5.41, 5.74) is -0.463. The number of hydrogen-bond donors (Lipinski definition) is 2. The minimum absolute atomic E-state index is 0.301. The lowest BCUT2D eigenvalue weighted by atomic mass is 10.2. The number of amides is 1. The first-order valence-corrected chi connectivity index (χ1v) is 9.20. The molecule has 2 N–H and O–H groups in total. The molecule has 0 spiro atoms. The Morgan fingerprint density at radius 1 is 1.31 bits per heavy atom. The molecule has 0 saturated carbocycles. The van der Waals surface area contributed by atoms with Gasteiger partial charge in [-0.15, -0.1) is 10.2 Å². The number of carbonyl (C=O) groups is 1. The molecule has 11 heteroatoms. The number of alkyl halides is 3. The van der Waals surface area contributed by atoms with Gasteiger partial charge in [0.1, 0.15) is 0 Å². The molecule has 142 valence electrons. The fourth-order valence-corrected chi connectivity index (χ4v) is 3.70. The van der Waals surface area contributed by atoms with Crippen LogP contribution >= 0.6 is 23.1 Å². The van der Waals surface area contributed by atoms with Gasteiger partial charge in [0.05, 0.1) is 17.4 Å². The molecule has 6 nitrogen and oxygen atoms in total. The SMILES string of the molecule is COCCNc1nnc(S[C@@H](C)C(=O)Nc2ccc(C(F)(F)F)cc2)s1. The number of thioether (sulfide) groups is 1. The van der Waals surface area contributed by atoms with Gasteiger partial charge in [0.2, 0.25) is 11.0 Å². The second-order valence-electron chi connectivity index (χ2n) is 5.12. The van der Waals surface area contributed by atoms with Crippen LogP contribution in [0.3, 0.4) is 0 Å². The maximum Gasteiger partial charge on any atom is 0.416 e. The van der Waals surface area contributed by atoms with Crippen LogP contribution in [-0.4, -0.2) is 41.6 Å². The van der Waals surface area contributed by atoms with Crippen LogP contribution in [0.2, 0.25) is 0 Å². The number of ether oxygens (including phenoxy) is 1. The van der Waals surface area contributed by atoms with Gasteiger partial charge in [-0.3, -0.25) is 4.79 Å². The Balaban J connectivity index is 1.87. The third kappa shape index (κ3) is 6.15. The zero-order valence-corrected chi connectivity index (χ0v) is 15.6. The van der Waals surface area contributed by atoms with Crippen molar-refractivity contribution in [2.45, 2.75) is 22.7 Å². The van der Waals surface area contributed by atoms with E-state index in [1.165, 1.54) is 35.2 Å². The molecule has 2 rings (SSSR count). The van der Waals surface area contributed by atoms with E-state index in [2.05, 4.69) is 20.8 Å². The molecule has 1 aromatic heterocycles. The first-order valence-electron chi connectivity index (χ1n) is 7.50. The minimum atomic E-state index is -4.40. The fourth-order valence-electron chi connectivity index (χ4n) is 1.78. The van der Waals surface area contributed by atoms with Crippen molar-refractivity contribution in [1.82, 2.24) is 10.2 Å². The van der Waals surface area contributed by atoms with E-state index in [1.807, 2.05) is 0 Å². The van der Waals surface area contributed by atoms with Crippen molar-refractivity contribution in [2.75, 3.05) is 30.9 Å². The zero-order chi connectivity index (χ0) is 19.2. The first-order chi connectivity index (χ1) is 12.3. The zero-order valence-electron chi connectivity index (χ0n) is 14.0. The van der Waals surface area contributed by atoms with Crippen LogP contribution in [0, 0.1) is 0 Å². The van der Waals surface area contributed by atoms with Crippen molar-refractivity contribution in [2.24, 2.45) is 0 Å². The normalized spacial score (nSPS) is 12.7. The number of halogens is 3. The van der Waals surface area contributed by atoms with E-state index < -0.39 is 17.0 Å². The lowest BCUT2D eigenvalue weighted by Crippen LogP contribution is -2.22. The predicted octanol–water partition coefficient (Wildman–Crippen LogP) is 3.73. The molecule has 0 aliphatic carbocycles. The molecule has 1 aromatic carbocycles. The molecular weight excluding hydrogens is 389 g/mol. The highest BCUT2D eigenvalue weighted by Crippen LogP contribution is 2.31. The summed E-state index contributed by atoms with van der Waals surface area (Å²) in [6, 6.07) is 4.30. The van der Waals surface area contributed by atoms with Crippen molar-refractivity contribution in [3.8, 4) is 0 Å². The minimum Gasteiger partial charge on any atom is -0.383 e. The Hall–Kier alpha value is -1.85. The Morgan fingerprint density at radius 2 is 2.00 bits per heavy atom. The number of hydrogen-bond acceptors (Lipinski definition) is 7. The Bertz CT molecular complexity index is 722. The molecule has 0 fully saturated rings. The summed E-state index contributed by atoms with van der Waals surface area (Å²) in [5, 5.41) is 13.7. The quantitative estimate of drug-likeness (QED) is 0.514. The second kappa shape index (κ2) is 9.19. The number of anilines is 2. The van der Waals surface area contributed by atoms with Crippen LogP contribution < -0.4 is 10.6 Å². The van der Waals surface area contributed by atoms with Crippen molar-refractivity contribution in [3.05, 3.63) is 29.8 Å². The van der Waals surface area contributed by atoms with E-state index >= 15 is 0 Å². The smallest absolute Gasteiger partial charge is 0.383 e. The standard InChI is InChI=1S/C15H17F3N4O2S2/c1-9(25-14-22-21-13(26-14)19-7-8-24-2)12(23)20-11-5-3-10(4-6-11)15(16,17)18/h3-6,9H,7-8H2,1-2H3,(H,19,21)(H,20,23)/t9-/m0/s1. The number of nitrogens with one attached hydrogen (secondary N) is 2. The molecule has 26 heavy (non-hydrogen) atoms. The number of methoxy groups -OCH3 is 1. The number of carbonyl (C=O) groups excluding carboxylic acids is 1. The molecular formula is C15H17F3N4O2S2. The van der Waals surface area contributed by atoms with Crippen LogP contribution in [0.4, 0.5) is 24.0 Å². The lowest BCUT2D eigenvalue weighted by Gasteiger charge is -2.11. The van der Waals surface area contributed by atoms with Crippen LogP contribution in [0.5, 0.6) is 0 Å². The number of nitrogens with zero attached hydrogens (tertiary/aromatic N) is 2. The Kier molecular flexibility index (Phi) is 7.23. The molecule has 0 aliphatic rings. The van der Waals surface area contributed by atoms with Crippen molar-refractivity contribution in [1.29, 1.82) is 0 Å². The Labute approximate surface area is 156 Å². The summed E-state index contributed by atoms with van der Waals surface area (Å²) in [6.45, 7) is 2.82. The highest BCUT2D eigenvalue weighted by Gasteiger charge is 2.30. The average Bonchev–Trinajstić information content (AvgIpc) is 3.02. The number of benzene rings is 1. The molecule has 0 bridgehead atoms. The molecule has 0 unspecified atom stereocenters. The molecule has 0 aliphatic heterocycles. The molecule has 2 aromatic rings. The van der Waals surface area contributed by atoms with Gasteiger partial charge in [-0.1, -0.05) is 23.1 Å². The van der Waals surface area contributed by atoms with E-state index in [4.69, 9.17) is 4.74 Å². The van der Waals surface area contributed by atoms with E-state index in [-0.39, 0.29) is 5.91 Å². The van der Waals surface area contributed by atoms with E-state index in [0.717, 1.165) is 12.1 Å². The Morgan fingerprint density at radius 3 is 2.62 bits per heavy atom. The third-order valence-electron chi connectivity index (χ3n) is 3.12. The van der Waals surface area contributed by atoms with Gasteiger partial charge >= 0.3 is 6.18 Å². The van der Waals surface area contributed by atoms with Gasteiger partial charge in [-0.25, -0.2) is 0 Å². The van der Waals surface area contributed by atoms with Gasteiger partial charge in [0.25, 0.3) is 0 Å². The lowest BCUT2D eigenvalue weighted by molar-refractivity contribution is -0.137. The van der Waals surface area contributed by atoms with Crippen molar-refractivity contribution >= 4 is 39.8 Å². The summed E-state index contributed by atoms with van der Waals surface area (Å²) < 4.78 is 43.1. The highest BCUT2D eigenvalue weighted by molar-refractivity contribution is 8.02. The van der Waals surface area contributed by atoms with E-state index in [0.29, 0.717) is 28.3 Å². The van der Waals surface area contributed by atoms with Gasteiger partial charge in [-0.2, -0.15) is 13.2 Å². The third-order valence-corrected chi connectivity index (χ3v) is 5.18. The van der Waals surface area contributed by atoms with Crippen molar-refractivity contribution in [3.63, 3.8) is 0 Å². The summed E-state index contributed by atoms with van der Waals surface area (Å²) >= 11 is 2.53. The molecule has 1 heterocycles.